The summed E-state index contributed by atoms with van der Waals surface area (Å²) in [5.74, 6) is 0. The molecule has 346 valence electrons. The van der Waals surface area contributed by atoms with E-state index in [0.29, 0.717) is 0 Å². The highest BCUT2D eigenvalue weighted by Crippen LogP contribution is 2.42. The zero-order valence-corrected chi connectivity index (χ0v) is 40.3. The molecule has 4 nitrogen and oxygen atoms in total. The van der Waals surface area contributed by atoms with Crippen LogP contribution in [0.4, 0.5) is 0 Å². The summed E-state index contributed by atoms with van der Waals surface area (Å²) in [6, 6.07) is 102. The Bertz CT molecular complexity index is 4400. The second kappa shape index (κ2) is 16.9. The summed E-state index contributed by atoms with van der Waals surface area (Å²) in [6.45, 7) is 0. The SMILES string of the molecule is c1ccc(-c2ccc(-c3ccc(-n4c5ccc(-c6ccc7c(c6)c6ccccc6n7-c6ccccc6)cc5c5cc(-c6ccc7c(c6)c6ccccc6n7-c6ccccc6)ccc54)cc3)n2-c2ccccc2)cc1. The number of rotatable bonds is 8. The number of nitrogens with zero attached hydrogens (tertiary/aromatic N) is 4. The van der Waals surface area contributed by atoms with Crippen LogP contribution in [0.2, 0.25) is 0 Å². The van der Waals surface area contributed by atoms with Crippen molar-refractivity contribution in [2.45, 2.75) is 0 Å². The van der Waals surface area contributed by atoms with Crippen LogP contribution in [-0.2, 0) is 0 Å². The Hall–Kier alpha value is -9.90. The maximum atomic E-state index is 2.45. The molecule has 0 bridgehead atoms. The summed E-state index contributed by atoms with van der Waals surface area (Å²) in [4.78, 5) is 0. The monoisotopic (exact) mass is 942 g/mol. The van der Waals surface area contributed by atoms with E-state index >= 15 is 0 Å². The summed E-state index contributed by atoms with van der Waals surface area (Å²) < 4.78 is 9.59. The van der Waals surface area contributed by atoms with Gasteiger partial charge in [-0.1, -0.05) is 158 Å². The summed E-state index contributed by atoms with van der Waals surface area (Å²) >= 11 is 0. The summed E-state index contributed by atoms with van der Waals surface area (Å²) in [5, 5.41) is 7.39. The Morgan fingerprint density at radius 2 is 0.432 bits per heavy atom. The largest absolute Gasteiger partial charge is 0.309 e. The maximum Gasteiger partial charge on any atom is 0.0541 e. The third-order valence-electron chi connectivity index (χ3n) is 15.2. The lowest BCUT2D eigenvalue weighted by molar-refractivity contribution is 1.09. The topological polar surface area (TPSA) is 19.7 Å². The van der Waals surface area contributed by atoms with E-state index in [1.54, 1.807) is 0 Å². The molecule has 4 heteroatoms. The quantitative estimate of drug-likeness (QED) is 0.145. The van der Waals surface area contributed by atoms with Crippen molar-refractivity contribution in [1.82, 2.24) is 18.3 Å². The van der Waals surface area contributed by atoms with E-state index in [1.807, 2.05) is 0 Å². The predicted molar refractivity (Wildman–Crippen MR) is 311 cm³/mol. The number of fused-ring (bicyclic) bond motifs is 9. The Labute approximate surface area is 428 Å². The van der Waals surface area contributed by atoms with Crippen LogP contribution in [0.25, 0.3) is 133 Å². The predicted octanol–water partition coefficient (Wildman–Crippen LogP) is 18.4. The van der Waals surface area contributed by atoms with Crippen LogP contribution in [-0.4, -0.2) is 18.3 Å². The highest BCUT2D eigenvalue weighted by Gasteiger charge is 2.20. The zero-order valence-electron chi connectivity index (χ0n) is 40.3. The first-order valence-electron chi connectivity index (χ1n) is 25.4. The normalized spacial score (nSPS) is 11.8. The van der Waals surface area contributed by atoms with E-state index in [-0.39, 0.29) is 0 Å². The van der Waals surface area contributed by atoms with Gasteiger partial charge < -0.3 is 18.3 Å². The lowest BCUT2D eigenvalue weighted by Crippen LogP contribution is -1.99. The van der Waals surface area contributed by atoms with Crippen LogP contribution >= 0.6 is 0 Å². The highest BCUT2D eigenvalue weighted by molar-refractivity contribution is 6.14. The molecule has 0 fully saturated rings. The van der Waals surface area contributed by atoms with Gasteiger partial charge in [-0.05, 0) is 155 Å². The van der Waals surface area contributed by atoms with Gasteiger partial charge in [-0.15, -0.1) is 0 Å². The molecule has 15 rings (SSSR count). The van der Waals surface area contributed by atoms with Crippen molar-refractivity contribution >= 4 is 65.4 Å². The number of hydrogen-bond acceptors (Lipinski definition) is 0. The number of para-hydroxylation sites is 5. The van der Waals surface area contributed by atoms with E-state index in [9.17, 15) is 0 Å². The summed E-state index contributed by atoms with van der Waals surface area (Å²) in [6.07, 6.45) is 0. The molecule has 0 aliphatic heterocycles. The molecule has 11 aromatic carbocycles. The molecule has 0 spiro atoms. The standard InChI is InChI=1S/C70H46N4/c1-5-17-47(18-6-1)63-41-42-64(71(63)53-19-7-2-8-20-53)48-29-35-56(36-30-48)74-69-39-33-51(49-31-37-67-59(43-49)57-25-13-15-27-65(57)72(67)54-21-9-3-10-22-54)45-61(69)62-46-52(34-40-70(62)74)50-32-38-68-60(44-50)58-26-14-16-28-66(58)73(68)55-23-11-4-12-24-55/h1-46H. The second-order valence-electron chi connectivity index (χ2n) is 19.3. The molecule has 0 saturated heterocycles. The second-order valence-corrected chi connectivity index (χ2v) is 19.3. The zero-order chi connectivity index (χ0) is 48.7. The molecule has 0 aliphatic carbocycles. The molecule has 4 heterocycles. The molecule has 15 aromatic rings. The van der Waals surface area contributed by atoms with Gasteiger partial charge in [-0.2, -0.15) is 0 Å². The highest BCUT2D eigenvalue weighted by atomic mass is 15.0. The Morgan fingerprint density at radius 3 is 0.824 bits per heavy atom. The van der Waals surface area contributed by atoms with E-state index in [4.69, 9.17) is 0 Å². The molecule has 0 unspecified atom stereocenters. The molecule has 0 N–H and O–H groups in total. The molecular weight excluding hydrogens is 897 g/mol. The molecule has 0 atom stereocenters. The number of benzene rings is 11. The molecule has 0 amide bonds. The van der Waals surface area contributed by atoms with E-state index < -0.39 is 0 Å². The third-order valence-corrected chi connectivity index (χ3v) is 15.2. The van der Waals surface area contributed by atoms with Gasteiger partial charge in [0.2, 0.25) is 0 Å². The van der Waals surface area contributed by atoms with Crippen molar-refractivity contribution in [1.29, 1.82) is 0 Å². The Morgan fingerprint density at radius 1 is 0.162 bits per heavy atom. The van der Waals surface area contributed by atoms with Crippen molar-refractivity contribution in [3.8, 4) is 67.5 Å². The van der Waals surface area contributed by atoms with Crippen molar-refractivity contribution < 1.29 is 0 Å². The van der Waals surface area contributed by atoms with Gasteiger partial charge in [0.15, 0.2) is 0 Å². The molecule has 0 aliphatic rings. The minimum absolute atomic E-state index is 1.11. The van der Waals surface area contributed by atoms with Gasteiger partial charge in [0.25, 0.3) is 0 Å². The number of aromatic nitrogens is 4. The summed E-state index contributed by atoms with van der Waals surface area (Å²) in [7, 11) is 0. The van der Waals surface area contributed by atoms with Crippen LogP contribution < -0.4 is 0 Å². The first-order valence-corrected chi connectivity index (χ1v) is 25.4. The van der Waals surface area contributed by atoms with Crippen LogP contribution in [0, 0.1) is 0 Å². The molecule has 74 heavy (non-hydrogen) atoms. The molecular formula is C70H46N4. The maximum absolute atomic E-state index is 2.45. The lowest BCUT2D eigenvalue weighted by Gasteiger charge is -2.15. The van der Waals surface area contributed by atoms with Crippen LogP contribution in [0.5, 0.6) is 0 Å². The average molecular weight is 943 g/mol. The lowest BCUT2D eigenvalue weighted by atomic mass is 9.98. The fourth-order valence-electron chi connectivity index (χ4n) is 11.8. The molecule has 0 radical (unpaired) electrons. The van der Waals surface area contributed by atoms with E-state index in [0.717, 1.165) is 50.7 Å². The smallest absolute Gasteiger partial charge is 0.0541 e. The van der Waals surface area contributed by atoms with Gasteiger partial charge in [-0.3, -0.25) is 0 Å². The van der Waals surface area contributed by atoms with E-state index in [1.165, 1.54) is 82.2 Å². The van der Waals surface area contributed by atoms with Gasteiger partial charge in [0.05, 0.1) is 44.5 Å². The molecule has 4 aromatic heterocycles. The van der Waals surface area contributed by atoms with Gasteiger partial charge in [0.1, 0.15) is 0 Å². The summed E-state index contributed by atoms with van der Waals surface area (Å²) in [5.41, 5.74) is 21.1. The fraction of sp³-hybridized carbons (Fsp3) is 0. The van der Waals surface area contributed by atoms with Gasteiger partial charge in [0, 0.05) is 55.1 Å². The molecule has 0 saturated carbocycles. The fourth-order valence-corrected chi connectivity index (χ4v) is 11.8. The van der Waals surface area contributed by atoms with Crippen LogP contribution in [0.1, 0.15) is 0 Å². The average Bonchev–Trinajstić information content (AvgIpc) is 4.26. The van der Waals surface area contributed by atoms with Crippen molar-refractivity contribution in [3.05, 3.63) is 279 Å². The van der Waals surface area contributed by atoms with Crippen LogP contribution in [0.15, 0.2) is 279 Å². The van der Waals surface area contributed by atoms with Crippen molar-refractivity contribution in [3.63, 3.8) is 0 Å². The Kier molecular flexibility index (Phi) is 9.54. The Balaban J connectivity index is 0.902. The number of hydrogen-bond donors (Lipinski definition) is 0. The van der Waals surface area contributed by atoms with Gasteiger partial charge in [-0.25, -0.2) is 0 Å². The minimum Gasteiger partial charge on any atom is -0.309 e. The van der Waals surface area contributed by atoms with Gasteiger partial charge >= 0.3 is 0 Å². The first-order chi connectivity index (χ1) is 36.7. The van der Waals surface area contributed by atoms with Crippen molar-refractivity contribution in [2.75, 3.05) is 0 Å². The van der Waals surface area contributed by atoms with Crippen molar-refractivity contribution in [2.24, 2.45) is 0 Å². The third kappa shape index (κ3) is 6.62. The van der Waals surface area contributed by atoms with Crippen LogP contribution in [0.3, 0.4) is 0 Å². The van der Waals surface area contributed by atoms with E-state index in [2.05, 4.69) is 297 Å². The first kappa shape index (κ1) is 41.8. The minimum atomic E-state index is 1.11.